The number of aromatic hydroxyl groups is 1. The molecule has 3 rings (SSSR count). The molecular weight excluding hydrogens is 416 g/mol. The van der Waals surface area contributed by atoms with Crippen molar-refractivity contribution in [1.82, 2.24) is 4.57 Å². The van der Waals surface area contributed by atoms with Gasteiger partial charge in [0, 0.05) is 13.1 Å². The van der Waals surface area contributed by atoms with E-state index in [9.17, 15) is 13.5 Å². The Balaban J connectivity index is 2.07. The van der Waals surface area contributed by atoms with E-state index in [0.717, 1.165) is 35.5 Å². The molecule has 2 aromatic rings. The lowest BCUT2D eigenvalue weighted by atomic mass is 9.96. The average molecular weight is 441 g/mol. The lowest BCUT2D eigenvalue weighted by Crippen LogP contribution is -2.22. The van der Waals surface area contributed by atoms with Gasteiger partial charge in [-0.15, -0.1) is 11.3 Å². The molecule has 0 fully saturated rings. The Morgan fingerprint density at radius 1 is 1.39 bits per heavy atom. The highest BCUT2D eigenvalue weighted by molar-refractivity contribution is 7.85. The Morgan fingerprint density at radius 3 is 2.82 bits per heavy atom. The quantitative estimate of drug-likeness (QED) is 0.532. The smallest absolute Gasteiger partial charge is 0.264 e. The van der Waals surface area contributed by atoms with Gasteiger partial charge in [0.15, 0.2) is 3.95 Å². The first kappa shape index (κ1) is 21.2. The van der Waals surface area contributed by atoms with Gasteiger partial charge in [0.05, 0.1) is 16.0 Å². The van der Waals surface area contributed by atoms with E-state index in [2.05, 4.69) is 24.9 Å². The molecule has 1 aliphatic rings. The van der Waals surface area contributed by atoms with Crippen LogP contribution in [0.5, 0.6) is 5.88 Å². The average Bonchev–Trinajstić information content (AvgIpc) is 2.88. The Labute approximate surface area is 173 Å². The molecule has 2 N–H and O–H groups in total. The van der Waals surface area contributed by atoms with Crippen molar-refractivity contribution in [2.75, 3.05) is 12.3 Å². The number of hydrogen-bond acceptors (Lipinski definition) is 6. The fourth-order valence-corrected chi connectivity index (χ4v) is 5.53. The lowest BCUT2D eigenvalue weighted by Gasteiger charge is -2.13. The van der Waals surface area contributed by atoms with Crippen LogP contribution in [-0.4, -0.2) is 34.9 Å². The maximum atomic E-state index is 10.9. The first-order chi connectivity index (χ1) is 13.2. The zero-order valence-electron chi connectivity index (χ0n) is 15.9. The van der Waals surface area contributed by atoms with Crippen LogP contribution in [-0.2, 0) is 23.1 Å². The van der Waals surface area contributed by atoms with Crippen LogP contribution in [0.25, 0.3) is 5.57 Å². The van der Waals surface area contributed by atoms with E-state index < -0.39 is 10.1 Å². The molecule has 1 aromatic heterocycles. The summed E-state index contributed by atoms with van der Waals surface area (Å²) in [5, 5.41) is 12.9. The number of aryl methyl sites for hydroxylation is 1. The van der Waals surface area contributed by atoms with E-state index >= 15 is 0 Å². The molecule has 152 valence electrons. The third-order valence-corrected chi connectivity index (χ3v) is 7.03. The molecule has 0 aliphatic carbocycles. The summed E-state index contributed by atoms with van der Waals surface area (Å²) in [6, 6.07) is 6.22. The SMILES string of the molecule is CC(C)C(c1sc(=S)n(CCCS(=O)(=O)O)c1O)=c1ccc2c(c1)CCCN=2. The van der Waals surface area contributed by atoms with Gasteiger partial charge in [-0.1, -0.05) is 19.9 Å². The second kappa shape index (κ2) is 8.44. The molecule has 0 saturated carbocycles. The maximum Gasteiger partial charge on any atom is 0.264 e. The van der Waals surface area contributed by atoms with Gasteiger partial charge >= 0.3 is 0 Å². The molecule has 1 aromatic carbocycles. The van der Waals surface area contributed by atoms with Gasteiger partial charge in [0.1, 0.15) is 0 Å². The van der Waals surface area contributed by atoms with Crippen molar-refractivity contribution in [3.8, 4) is 5.88 Å². The first-order valence-corrected chi connectivity index (χ1v) is 12.1. The molecule has 6 nitrogen and oxygen atoms in total. The number of benzene rings is 1. The minimum Gasteiger partial charge on any atom is -0.493 e. The zero-order valence-corrected chi connectivity index (χ0v) is 18.3. The van der Waals surface area contributed by atoms with Crippen molar-refractivity contribution >= 4 is 39.2 Å². The topological polar surface area (TPSA) is 91.9 Å². The summed E-state index contributed by atoms with van der Waals surface area (Å²) in [6.07, 6.45) is 2.21. The van der Waals surface area contributed by atoms with E-state index in [-0.39, 0.29) is 30.5 Å². The number of rotatable bonds is 6. The summed E-state index contributed by atoms with van der Waals surface area (Å²) in [5.74, 6) is -0.158. The summed E-state index contributed by atoms with van der Waals surface area (Å²) in [5.41, 5.74) is 2.23. The van der Waals surface area contributed by atoms with Crippen molar-refractivity contribution in [3.63, 3.8) is 0 Å². The van der Waals surface area contributed by atoms with Crippen molar-refractivity contribution < 1.29 is 18.1 Å². The lowest BCUT2D eigenvalue weighted by molar-refractivity contribution is 0.410. The van der Waals surface area contributed by atoms with Crippen LogP contribution < -0.4 is 10.6 Å². The molecule has 1 aliphatic heterocycles. The fraction of sp³-hybridized carbons (Fsp3) is 0.474. The predicted octanol–water partition coefficient (Wildman–Crippen LogP) is 2.68. The van der Waals surface area contributed by atoms with Gasteiger partial charge in [-0.25, -0.2) is 0 Å². The summed E-state index contributed by atoms with van der Waals surface area (Å²) in [7, 11) is -4.03. The molecule has 0 spiro atoms. The van der Waals surface area contributed by atoms with Crippen molar-refractivity contribution in [3.05, 3.63) is 43.2 Å². The van der Waals surface area contributed by atoms with E-state index in [4.69, 9.17) is 16.8 Å². The van der Waals surface area contributed by atoms with Gasteiger partial charge in [0.2, 0.25) is 5.88 Å². The number of aromatic nitrogens is 1. The molecule has 0 saturated heterocycles. The van der Waals surface area contributed by atoms with Gasteiger partial charge in [0.25, 0.3) is 10.1 Å². The van der Waals surface area contributed by atoms with Crippen molar-refractivity contribution in [2.45, 2.75) is 39.7 Å². The zero-order chi connectivity index (χ0) is 20.5. The standard InChI is InChI=1S/C19H24N2O4S3/c1-12(2)16(14-6-7-15-13(11-14)5-3-8-20-15)17-18(22)21(19(26)27-17)9-4-10-28(23,24)25/h6-7,11-12,22H,3-5,8-10H2,1-2H3,(H,23,24,25). The normalized spacial score (nSPS) is 15.3. The Bertz CT molecular complexity index is 1160. The Morgan fingerprint density at radius 2 is 2.14 bits per heavy atom. The second-order valence-corrected chi connectivity index (χ2v) is 10.4. The van der Waals surface area contributed by atoms with Gasteiger partial charge < -0.3 is 5.11 Å². The summed E-state index contributed by atoms with van der Waals surface area (Å²) in [6.45, 7) is 5.24. The van der Waals surface area contributed by atoms with Gasteiger partial charge in [-0.3, -0.25) is 14.1 Å². The third-order valence-electron chi connectivity index (χ3n) is 4.75. The molecular formula is C19H24N2O4S3. The summed E-state index contributed by atoms with van der Waals surface area (Å²) >= 11 is 6.72. The number of fused-ring (bicyclic) bond motifs is 1. The van der Waals surface area contributed by atoms with Crippen LogP contribution in [0.3, 0.4) is 0 Å². The van der Waals surface area contributed by atoms with E-state index in [0.29, 0.717) is 8.83 Å². The van der Waals surface area contributed by atoms with Crippen molar-refractivity contribution in [2.24, 2.45) is 10.9 Å². The minimum atomic E-state index is -4.03. The summed E-state index contributed by atoms with van der Waals surface area (Å²) in [4.78, 5) is 5.26. The molecule has 0 atom stereocenters. The molecule has 0 amide bonds. The molecule has 0 bridgehead atoms. The number of hydrogen-bond donors (Lipinski definition) is 2. The molecule has 0 radical (unpaired) electrons. The Kier molecular flexibility index (Phi) is 6.38. The van der Waals surface area contributed by atoms with Crippen LogP contribution in [0.4, 0.5) is 0 Å². The maximum absolute atomic E-state index is 10.9. The monoisotopic (exact) mass is 440 g/mol. The first-order valence-electron chi connectivity index (χ1n) is 9.23. The minimum absolute atomic E-state index is 0.0523. The fourth-order valence-electron chi connectivity index (χ4n) is 3.48. The van der Waals surface area contributed by atoms with Crippen LogP contribution >= 0.6 is 23.6 Å². The molecule has 0 unspecified atom stereocenters. The predicted molar refractivity (Wildman–Crippen MR) is 114 cm³/mol. The van der Waals surface area contributed by atoms with E-state index in [1.54, 1.807) is 0 Å². The van der Waals surface area contributed by atoms with Crippen LogP contribution in [0.2, 0.25) is 0 Å². The van der Waals surface area contributed by atoms with Crippen LogP contribution in [0.15, 0.2) is 23.2 Å². The van der Waals surface area contributed by atoms with Gasteiger partial charge in [-0.05, 0) is 65.9 Å². The molecule has 2 heterocycles. The van der Waals surface area contributed by atoms with E-state index in [1.165, 1.54) is 21.5 Å². The molecule has 9 heteroatoms. The highest BCUT2D eigenvalue weighted by atomic mass is 32.2. The van der Waals surface area contributed by atoms with Crippen LogP contribution in [0.1, 0.15) is 37.1 Å². The number of nitrogens with zero attached hydrogens (tertiary/aromatic N) is 2. The molecule has 28 heavy (non-hydrogen) atoms. The second-order valence-electron chi connectivity index (χ2n) is 7.21. The highest BCUT2D eigenvalue weighted by Gasteiger charge is 2.19. The highest BCUT2D eigenvalue weighted by Crippen LogP contribution is 2.35. The van der Waals surface area contributed by atoms with Gasteiger partial charge in [-0.2, -0.15) is 8.42 Å². The van der Waals surface area contributed by atoms with E-state index in [1.807, 2.05) is 12.1 Å². The third kappa shape index (κ3) is 4.71. The van der Waals surface area contributed by atoms with Crippen molar-refractivity contribution in [1.29, 1.82) is 0 Å². The number of thiazole rings is 1. The van der Waals surface area contributed by atoms with Crippen LogP contribution in [0, 0.1) is 9.87 Å². The summed E-state index contributed by atoms with van der Waals surface area (Å²) < 4.78 is 32.8. The largest absolute Gasteiger partial charge is 0.493 e. The Hall–Kier alpha value is -1.55.